The third kappa shape index (κ3) is 1.92. The SMILES string of the molecule is O=C(O)c1cccnc1N1CCC(O)C1. The Kier molecular flexibility index (Phi) is 2.55. The van der Waals surface area contributed by atoms with Gasteiger partial charge in [-0.25, -0.2) is 9.78 Å². The van der Waals surface area contributed by atoms with Crippen LogP contribution >= 0.6 is 0 Å². The van der Waals surface area contributed by atoms with E-state index in [1.165, 1.54) is 6.07 Å². The Morgan fingerprint density at radius 3 is 3.00 bits per heavy atom. The van der Waals surface area contributed by atoms with Gasteiger partial charge in [0.05, 0.1) is 6.10 Å². The van der Waals surface area contributed by atoms with Crippen molar-refractivity contribution in [2.45, 2.75) is 12.5 Å². The summed E-state index contributed by atoms with van der Waals surface area (Å²) in [6.45, 7) is 1.11. The molecule has 0 aliphatic carbocycles. The lowest BCUT2D eigenvalue weighted by molar-refractivity contribution is 0.0697. The second-order valence-electron chi connectivity index (χ2n) is 3.57. The maximum atomic E-state index is 10.9. The maximum absolute atomic E-state index is 10.9. The summed E-state index contributed by atoms with van der Waals surface area (Å²) in [5.74, 6) is -0.541. The van der Waals surface area contributed by atoms with Crippen LogP contribution in [0.2, 0.25) is 0 Å². The zero-order valence-electron chi connectivity index (χ0n) is 8.13. The van der Waals surface area contributed by atoms with E-state index in [1.54, 1.807) is 17.2 Å². The van der Waals surface area contributed by atoms with Gasteiger partial charge in [-0.15, -0.1) is 0 Å². The number of nitrogens with zero attached hydrogens (tertiary/aromatic N) is 2. The minimum absolute atomic E-state index is 0.187. The predicted molar refractivity (Wildman–Crippen MR) is 54.0 cm³/mol. The van der Waals surface area contributed by atoms with Crippen LogP contribution in [0.3, 0.4) is 0 Å². The summed E-state index contributed by atoms with van der Waals surface area (Å²) in [6, 6.07) is 3.12. The van der Waals surface area contributed by atoms with E-state index < -0.39 is 5.97 Å². The molecule has 1 fully saturated rings. The fraction of sp³-hybridized carbons (Fsp3) is 0.400. The molecular weight excluding hydrogens is 196 g/mol. The molecule has 2 rings (SSSR count). The second kappa shape index (κ2) is 3.86. The smallest absolute Gasteiger partial charge is 0.339 e. The normalized spacial score (nSPS) is 20.6. The first-order valence-electron chi connectivity index (χ1n) is 4.80. The number of aromatic carboxylic acids is 1. The lowest BCUT2D eigenvalue weighted by atomic mass is 10.2. The van der Waals surface area contributed by atoms with Gasteiger partial charge in [0.15, 0.2) is 0 Å². The van der Waals surface area contributed by atoms with Crippen LogP contribution in [0.15, 0.2) is 18.3 Å². The van der Waals surface area contributed by atoms with Crippen molar-refractivity contribution in [1.29, 1.82) is 0 Å². The number of carboxylic acid groups (broad SMARTS) is 1. The predicted octanol–water partition coefficient (Wildman–Crippen LogP) is 0.351. The Hall–Kier alpha value is -1.62. The first kappa shape index (κ1) is 9.92. The van der Waals surface area contributed by atoms with Crippen molar-refractivity contribution in [3.8, 4) is 0 Å². The van der Waals surface area contributed by atoms with Crippen molar-refractivity contribution in [2.24, 2.45) is 0 Å². The third-order valence-corrected chi connectivity index (χ3v) is 2.48. The number of rotatable bonds is 2. The molecule has 1 aromatic rings. The summed E-state index contributed by atoms with van der Waals surface area (Å²) >= 11 is 0. The number of carbonyl (C=O) groups is 1. The van der Waals surface area contributed by atoms with Gasteiger partial charge in [0.2, 0.25) is 0 Å². The molecule has 5 heteroatoms. The van der Waals surface area contributed by atoms with Gasteiger partial charge < -0.3 is 15.1 Å². The molecule has 1 unspecified atom stereocenters. The van der Waals surface area contributed by atoms with Crippen molar-refractivity contribution in [1.82, 2.24) is 4.98 Å². The quantitative estimate of drug-likeness (QED) is 0.733. The Morgan fingerprint density at radius 2 is 2.40 bits per heavy atom. The molecule has 0 amide bonds. The van der Waals surface area contributed by atoms with Crippen molar-refractivity contribution >= 4 is 11.8 Å². The summed E-state index contributed by atoms with van der Waals surface area (Å²) in [4.78, 5) is 16.8. The zero-order valence-corrected chi connectivity index (χ0v) is 8.13. The average Bonchev–Trinajstić information content (AvgIpc) is 2.65. The molecular formula is C10H12N2O3. The van der Waals surface area contributed by atoms with Gasteiger partial charge in [-0.3, -0.25) is 0 Å². The number of carboxylic acids is 1. The van der Waals surface area contributed by atoms with E-state index in [1.807, 2.05) is 0 Å². The molecule has 0 aromatic carbocycles. The number of aliphatic hydroxyl groups excluding tert-OH is 1. The number of aliphatic hydroxyl groups is 1. The number of hydrogen-bond acceptors (Lipinski definition) is 4. The first-order valence-corrected chi connectivity index (χ1v) is 4.80. The summed E-state index contributed by atoms with van der Waals surface area (Å²) in [7, 11) is 0. The Morgan fingerprint density at radius 1 is 1.60 bits per heavy atom. The molecule has 1 atom stereocenters. The molecule has 0 spiro atoms. The molecule has 0 bridgehead atoms. The molecule has 0 radical (unpaired) electrons. The largest absolute Gasteiger partial charge is 0.478 e. The van der Waals surface area contributed by atoms with E-state index in [0.717, 1.165) is 0 Å². The summed E-state index contributed by atoms with van der Waals surface area (Å²) in [5.41, 5.74) is 0.187. The number of aromatic nitrogens is 1. The summed E-state index contributed by atoms with van der Waals surface area (Å²) in [5, 5.41) is 18.3. The van der Waals surface area contributed by atoms with Crippen LogP contribution in [-0.4, -0.2) is 40.4 Å². The maximum Gasteiger partial charge on any atom is 0.339 e. The number of hydrogen-bond donors (Lipinski definition) is 2. The molecule has 1 aliphatic heterocycles. The van der Waals surface area contributed by atoms with E-state index in [-0.39, 0.29) is 11.7 Å². The molecule has 1 aromatic heterocycles. The van der Waals surface area contributed by atoms with Crippen molar-refractivity contribution in [2.75, 3.05) is 18.0 Å². The van der Waals surface area contributed by atoms with E-state index in [4.69, 9.17) is 5.11 Å². The average molecular weight is 208 g/mol. The Bertz CT molecular complexity index is 381. The standard InChI is InChI=1S/C10H12N2O3/c13-7-3-5-12(6-7)9-8(10(14)15)2-1-4-11-9/h1-2,4,7,13H,3,5-6H2,(H,14,15). The van der Waals surface area contributed by atoms with E-state index in [9.17, 15) is 9.90 Å². The number of β-amino-alcohol motifs (C(OH)–C–C–N with tert-alkyl or cyclic N) is 1. The van der Waals surface area contributed by atoms with E-state index in [2.05, 4.69) is 4.98 Å². The molecule has 15 heavy (non-hydrogen) atoms. The van der Waals surface area contributed by atoms with Gasteiger partial charge in [-0.1, -0.05) is 0 Å². The molecule has 2 N–H and O–H groups in total. The van der Waals surface area contributed by atoms with Gasteiger partial charge in [0.25, 0.3) is 0 Å². The minimum atomic E-state index is -0.987. The third-order valence-electron chi connectivity index (χ3n) is 2.48. The van der Waals surface area contributed by atoms with Crippen molar-refractivity contribution in [3.05, 3.63) is 23.9 Å². The van der Waals surface area contributed by atoms with Crippen molar-refractivity contribution in [3.63, 3.8) is 0 Å². The first-order chi connectivity index (χ1) is 7.18. The van der Waals surface area contributed by atoms with Crippen LogP contribution in [0, 0.1) is 0 Å². The molecule has 1 saturated heterocycles. The topological polar surface area (TPSA) is 73.7 Å². The lowest BCUT2D eigenvalue weighted by Crippen LogP contribution is -2.24. The van der Waals surface area contributed by atoms with E-state index in [0.29, 0.717) is 25.3 Å². The zero-order chi connectivity index (χ0) is 10.8. The highest BCUT2D eigenvalue weighted by molar-refractivity contribution is 5.93. The fourth-order valence-electron chi connectivity index (χ4n) is 1.75. The van der Waals surface area contributed by atoms with Crippen LogP contribution in [0.1, 0.15) is 16.8 Å². The second-order valence-corrected chi connectivity index (χ2v) is 3.57. The van der Waals surface area contributed by atoms with Gasteiger partial charge in [0.1, 0.15) is 11.4 Å². The highest BCUT2D eigenvalue weighted by atomic mass is 16.4. The minimum Gasteiger partial charge on any atom is -0.478 e. The van der Waals surface area contributed by atoms with Crippen LogP contribution in [0.25, 0.3) is 0 Å². The number of pyridine rings is 1. The summed E-state index contributed by atoms with van der Waals surface area (Å²) in [6.07, 6.45) is 1.84. The van der Waals surface area contributed by atoms with Gasteiger partial charge in [0, 0.05) is 19.3 Å². The van der Waals surface area contributed by atoms with Gasteiger partial charge in [-0.05, 0) is 18.6 Å². The molecule has 2 heterocycles. The molecule has 0 saturated carbocycles. The Labute approximate surface area is 87.0 Å². The molecule has 1 aliphatic rings. The highest BCUT2D eigenvalue weighted by Crippen LogP contribution is 2.21. The number of anilines is 1. The summed E-state index contributed by atoms with van der Waals surface area (Å²) < 4.78 is 0. The van der Waals surface area contributed by atoms with Crippen molar-refractivity contribution < 1.29 is 15.0 Å². The lowest BCUT2D eigenvalue weighted by Gasteiger charge is -2.18. The highest BCUT2D eigenvalue weighted by Gasteiger charge is 2.24. The monoisotopic (exact) mass is 208 g/mol. The Balaban J connectivity index is 2.31. The van der Waals surface area contributed by atoms with E-state index >= 15 is 0 Å². The van der Waals surface area contributed by atoms with Gasteiger partial charge in [-0.2, -0.15) is 0 Å². The van der Waals surface area contributed by atoms with Crippen LogP contribution in [0.4, 0.5) is 5.82 Å². The van der Waals surface area contributed by atoms with Gasteiger partial charge >= 0.3 is 5.97 Å². The molecule has 5 nitrogen and oxygen atoms in total. The molecule has 80 valence electrons. The van der Waals surface area contributed by atoms with Crippen LogP contribution in [-0.2, 0) is 0 Å². The fourth-order valence-corrected chi connectivity index (χ4v) is 1.75. The van der Waals surface area contributed by atoms with Crippen LogP contribution < -0.4 is 4.90 Å². The van der Waals surface area contributed by atoms with Crippen LogP contribution in [0.5, 0.6) is 0 Å².